The SMILES string of the molecule is CCNc1ncnc(-c2ccccc2C)c1[N+](=O)[O-]. The molecule has 98 valence electrons. The van der Waals surface area contributed by atoms with Gasteiger partial charge in [-0.2, -0.15) is 0 Å². The van der Waals surface area contributed by atoms with Gasteiger partial charge in [0.2, 0.25) is 5.82 Å². The summed E-state index contributed by atoms with van der Waals surface area (Å²) < 4.78 is 0. The summed E-state index contributed by atoms with van der Waals surface area (Å²) in [5.74, 6) is 0.251. The maximum Gasteiger partial charge on any atom is 0.337 e. The van der Waals surface area contributed by atoms with Crippen LogP contribution in [0, 0.1) is 17.0 Å². The predicted molar refractivity (Wildman–Crippen MR) is 73.0 cm³/mol. The summed E-state index contributed by atoms with van der Waals surface area (Å²) in [5, 5.41) is 14.2. The second kappa shape index (κ2) is 5.43. The van der Waals surface area contributed by atoms with Gasteiger partial charge in [0.1, 0.15) is 6.33 Å². The molecule has 1 aromatic heterocycles. The van der Waals surface area contributed by atoms with E-state index in [9.17, 15) is 10.1 Å². The minimum atomic E-state index is -0.445. The summed E-state index contributed by atoms with van der Waals surface area (Å²) in [5.41, 5.74) is 1.94. The molecule has 1 heterocycles. The number of rotatable bonds is 4. The number of nitrogens with one attached hydrogen (secondary N) is 1. The molecular weight excluding hydrogens is 244 g/mol. The zero-order chi connectivity index (χ0) is 13.8. The van der Waals surface area contributed by atoms with Crippen molar-refractivity contribution in [2.45, 2.75) is 13.8 Å². The fourth-order valence-electron chi connectivity index (χ4n) is 1.88. The van der Waals surface area contributed by atoms with Crippen molar-refractivity contribution in [1.82, 2.24) is 9.97 Å². The van der Waals surface area contributed by atoms with E-state index in [0.29, 0.717) is 12.2 Å². The van der Waals surface area contributed by atoms with Gasteiger partial charge in [0.25, 0.3) is 0 Å². The number of hydrogen-bond acceptors (Lipinski definition) is 5. The van der Waals surface area contributed by atoms with Crippen LogP contribution in [0.3, 0.4) is 0 Å². The Morgan fingerprint density at radius 1 is 1.32 bits per heavy atom. The highest BCUT2D eigenvalue weighted by atomic mass is 16.6. The Morgan fingerprint density at radius 2 is 2.05 bits per heavy atom. The van der Waals surface area contributed by atoms with E-state index in [1.165, 1.54) is 6.33 Å². The van der Waals surface area contributed by atoms with E-state index in [0.717, 1.165) is 11.1 Å². The molecule has 0 aliphatic rings. The molecular formula is C13H14N4O2. The summed E-state index contributed by atoms with van der Waals surface area (Å²) in [6.07, 6.45) is 1.34. The molecule has 0 atom stereocenters. The van der Waals surface area contributed by atoms with Crippen LogP contribution in [0.15, 0.2) is 30.6 Å². The minimum absolute atomic E-state index is 0.0846. The fraction of sp³-hybridized carbons (Fsp3) is 0.231. The highest BCUT2D eigenvalue weighted by Crippen LogP contribution is 2.34. The monoisotopic (exact) mass is 258 g/mol. The predicted octanol–water partition coefficient (Wildman–Crippen LogP) is 2.79. The second-order valence-corrected chi connectivity index (χ2v) is 4.02. The Kier molecular flexibility index (Phi) is 3.70. The van der Waals surface area contributed by atoms with Crippen LogP contribution in [-0.2, 0) is 0 Å². The molecule has 0 unspecified atom stereocenters. The van der Waals surface area contributed by atoms with Crippen molar-refractivity contribution >= 4 is 11.5 Å². The molecule has 0 fully saturated rings. The molecule has 6 nitrogen and oxygen atoms in total. The summed E-state index contributed by atoms with van der Waals surface area (Å²) in [4.78, 5) is 18.9. The molecule has 0 radical (unpaired) electrons. The number of nitro groups is 1. The van der Waals surface area contributed by atoms with Crippen molar-refractivity contribution in [3.05, 3.63) is 46.3 Å². The molecule has 2 rings (SSSR count). The van der Waals surface area contributed by atoms with Crippen molar-refractivity contribution < 1.29 is 4.92 Å². The molecule has 1 N–H and O–H groups in total. The molecule has 0 saturated heterocycles. The Balaban J connectivity index is 2.67. The second-order valence-electron chi connectivity index (χ2n) is 4.02. The smallest absolute Gasteiger partial charge is 0.337 e. The highest BCUT2D eigenvalue weighted by Gasteiger charge is 2.24. The molecule has 19 heavy (non-hydrogen) atoms. The van der Waals surface area contributed by atoms with Gasteiger partial charge < -0.3 is 5.32 Å². The van der Waals surface area contributed by atoms with E-state index in [1.807, 2.05) is 38.1 Å². The van der Waals surface area contributed by atoms with E-state index in [2.05, 4.69) is 15.3 Å². The number of anilines is 1. The first kappa shape index (κ1) is 12.9. The van der Waals surface area contributed by atoms with E-state index in [-0.39, 0.29) is 11.5 Å². The van der Waals surface area contributed by atoms with Crippen LogP contribution in [0.5, 0.6) is 0 Å². The topological polar surface area (TPSA) is 81.0 Å². The Bertz CT molecular complexity index is 613. The lowest BCUT2D eigenvalue weighted by Crippen LogP contribution is -2.06. The lowest BCUT2D eigenvalue weighted by atomic mass is 10.0. The van der Waals surface area contributed by atoms with Crippen molar-refractivity contribution in [2.75, 3.05) is 11.9 Å². The zero-order valence-electron chi connectivity index (χ0n) is 10.8. The van der Waals surface area contributed by atoms with Crippen LogP contribution in [0.2, 0.25) is 0 Å². The van der Waals surface area contributed by atoms with Gasteiger partial charge in [0.15, 0.2) is 5.69 Å². The molecule has 0 amide bonds. The van der Waals surface area contributed by atoms with Gasteiger partial charge in [-0.05, 0) is 19.4 Å². The number of nitrogens with zero attached hydrogens (tertiary/aromatic N) is 3. The van der Waals surface area contributed by atoms with E-state index in [4.69, 9.17) is 0 Å². The number of hydrogen-bond donors (Lipinski definition) is 1. The van der Waals surface area contributed by atoms with Crippen LogP contribution >= 0.6 is 0 Å². The maximum atomic E-state index is 11.3. The summed E-state index contributed by atoms with van der Waals surface area (Å²) >= 11 is 0. The Morgan fingerprint density at radius 3 is 2.68 bits per heavy atom. The minimum Gasteiger partial charge on any atom is -0.365 e. The van der Waals surface area contributed by atoms with Crippen molar-refractivity contribution in [2.24, 2.45) is 0 Å². The van der Waals surface area contributed by atoms with Crippen molar-refractivity contribution in [3.8, 4) is 11.3 Å². The first-order valence-electron chi connectivity index (χ1n) is 5.94. The van der Waals surface area contributed by atoms with Gasteiger partial charge >= 0.3 is 5.69 Å². The largest absolute Gasteiger partial charge is 0.365 e. The normalized spacial score (nSPS) is 10.2. The highest BCUT2D eigenvalue weighted by molar-refractivity contribution is 5.78. The molecule has 1 aromatic carbocycles. The van der Waals surface area contributed by atoms with Gasteiger partial charge in [-0.1, -0.05) is 24.3 Å². The number of benzene rings is 1. The van der Waals surface area contributed by atoms with Crippen LogP contribution < -0.4 is 5.32 Å². The third-order valence-electron chi connectivity index (χ3n) is 2.75. The van der Waals surface area contributed by atoms with E-state index in [1.54, 1.807) is 0 Å². The van der Waals surface area contributed by atoms with Gasteiger partial charge in [0, 0.05) is 12.1 Å². The lowest BCUT2D eigenvalue weighted by molar-refractivity contribution is -0.383. The van der Waals surface area contributed by atoms with Gasteiger partial charge in [0.05, 0.1) is 4.92 Å². The quantitative estimate of drug-likeness (QED) is 0.673. The van der Waals surface area contributed by atoms with E-state index >= 15 is 0 Å². The zero-order valence-corrected chi connectivity index (χ0v) is 10.8. The van der Waals surface area contributed by atoms with Crippen molar-refractivity contribution in [3.63, 3.8) is 0 Å². The van der Waals surface area contributed by atoms with Crippen LogP contribution in [0.4, 0.5) is 11.5 Å². The molecule has 2 aromatic rings. The molecule has 0 spiro atoms. The Labute approximate surface area is 110 Å². The average Bonchev–Trinajstić information content (AvgIpc) is 2.39. The third-order valence-corrected chi connectivity index (χ3v) is 2.75. The molecule has 0 bridgehead atoms. The summed E-state index contributed by atoms with van der Waals surface area (Å²) in [7, 11) is 0. The lowest BCUT2D eigenvalue weighted by Gasteiger charge is -2.08. The molecule has 6 heteroatoms. The molecule has 0 saturated carbocycles. The first-order chi connectivity index (χ1) is 9.15. The molecule has 0 aliphatic heterocycles. The average molecular weight is 258 g/mol. The fourth-order valence-corrected chi connectivity index (χ4v) is 1.88. The third kappa shape index (κ3) is 2.52. The molecule has 0 aliphatic carbocycles. The van der Waals surface area contributed by atoms with Crippen LogP contribution in [0.1, 0.15) is 12.5 Å². The van der Waals surface area contributed by atoms with Gasteiger partial charge in [-0.25, -0.2) is 9.97 Å². The van der Waals surface area contributed by atoms with Gasteiger partial charge in [-0.15, -0.1) is 0 Å². The summed E-state index contributed by atoms with van der Waals surface area (Å²) in [6.45, 7) is 4.32. The summed E-state index contributed by atoms with van der Waals surface area (Å²) in [6, 6.07) is 7.44. The number of aryl methyl sites for hydroxylation is 1. The Hall–Kier alpha value is -2.50. The number of aromatic nitrogens is 2. The van der Waals surface area contributed by atoms with Gasteiger partial charge in [-0.3, -0.25) is 10.1 Å². The standard InChI is InChI=1S/C13H14N4O2/c1-3-14-13-12(17(18)19)11(15-8-16-13)10-7-5-4-6-9(10)2/h4-8H,3H2,1-2H3,(H,14,15,16). The van der Waals surface area contributed by atoms with Crippen molar-refractivity contribution in [1.29, 1.82) is 0 Å². The van der Waals surface area contributed by atoms with Crippen LogP contribution in [0.25, 0.3) is 11.3 Å². The van der Waals surface area contributed by atoms with E-state index < -0.39 is 4.92 Å². The maximum absolute atomic E-state index is 11.3. The van der Waals surface area contributed by atoms with Crippen LogP contribution in [-0.4, -0.2) is 21.4 Å². The first-order valence-corrected chi connectivity index (χ1v) is 5.94.